The van der Waals surface area contributed by atoms with E-state index in [9.17, 15) is 4.79 Å². The molecule has 0 aromatic carbocycles. The van der Waals surface area contributed by atoms with Crippen LogP contribution in [0.1, 0.15) is 36.0 Å². The van der Waals surface area contributed by atoms with Crippen molar-refractivity contribution >= 4 is 30.7 Å². The first-order chi connectivity index (χ1) is 8.15. The summed E-state index contributed by atoms with van der Waals surface area (Å²) >= 11 is 0. The zero-order chi connectivity index (χ0) is 12.4. The number of carbonyl (C=O) groups is 1. The average Bonchev–Trinajstić information content (AvgIpc) is 2.74. The Labute approximate surface area is 125 Å². The summed E-state index contributed by atoms with van der Waals surface area (Å²) in [7, 11) is 0. The Morgan fingerprint density at radius 1 is 1.58 bits per heavy atom. The minimum atomic E-state index is -0.0815. The van der Waals surface area contributed by atoms with E-state index < -0.39 is 0 Å². The number of aryl methyl sites for hydroxylation is 1. The van der Waals surface area contributed by atoms with Gasteiger partial charge in [0.2, 0.25) is 5.76 Å². The number of hydrogen-bond donors (Lipinski definition) is 1. The number of carbonyl (C=O) groups excluding carboxylic acids is 1. The van der Waals surface area contributed by atoms with Crippen molar-refractivity contribution in [2.24, 2.45) is 11.7 Å². The topological polar surface area (TPSA) is 72.4 Å². The fourth-order valence-electron chi connectivity index (χ4n) is 2.50. The van der Waals surface area contributed by atoms with Crippen LogP contribution in [0.2, 0.25) is 0 Å². The lowest BCUT2D eigenvalue weighted by Gasteiger charge is -2.39. The van der Waals surface area contributed by atoms with Gasteiger partial charge in [-0.1, -0.05) is 6.92 Å². The zero-order valence-electron chi connectivity index (χ0n) is 11.2. The molecule has 0 bridgehead atoms. The van der Waals surface area contributed by atoms with Crippen LogP contribution >= 0.6 is 24.8 Å². The zero-order valence-corrected chi connectivity index (χ0v) is 12.8. The third kappa shape index (κ3) is 3.61. The van der Waals surface area contributed by atoms with Gasteiger partial charge in [-0.2, -0.15) is 0 Å². The second kappa shape index (κ2) is 7.72. The summed E-state index contributed by atoms with van der Waals surface area (Å²) in [5.41, 5.74) is 6.42. The van der Waals surface area contributed by atoms with Crippen molar-refractivity contribution in [3.05, 3.63) is 17.8 Å². The second-order valence-electron chi connectivity index (χ2n) is 4.69. The molecule has 2 rings (SSSR count). The average molecular weight is 310 g/mol. The fraction of sp³-hybridized carbons (Fsp3) is 0.667. The Bertz CT molecular complexity index is 411. The van der Waals surface area contributed by atoms with Gasteiger partial charge in [-0.15, -0.1) is 24.8 Å². The van der Waals surface area contributed by atoms with Gasteiger partial charge in [0, 0.05) is 19.1 Å². The number of amides is 1. The lowest BCUT2D eigenvalue weighted by molar-refractivity contribution is 0.0500. The number of nitrogens with two attached hydrogens (primary N) is 1. The van der Waals surface area contributed by atoms with Crippen LogP contribution in [0.15, 0.2) is 10.8 Å². The number of rotatable bonds is 2. The number of aromatic nitrogens is 1. The molecule has 1 amide bonds. The number of nitrogens with zero attached hydrogens (tertiary/aromatic N) is 2. The lowest BCUT2D eigenvalue weighted by atomic mass is 9.90. The number of piperidine rings is 1. The summed E-state index contributed by atoms with van der Waals surface area (Å²) in [5, 5.41) is 0. The van der Waals surface area contributed by atoms with E-state index in [1.165, 1.54) is 6.39 Å². The highest BCUT2D eigenvalue weighted by Crippen LogP contribution is 2.24. The van der Waals surface area contributed by atoms with Crippen molar-refractivity contribution in [2.45, 2.75) is 32.7 Å². The van der Waals surface area contributed by atoms with Crippen LogP contribution in [-0.4, -0.2) is 34.9 Å². The van der Waals surface area contributed by atoms with E-state index in [-0.39, 0.29) is 36.8 Å². The van der Waals surface area contributed by atoms with Crippen LogP contribution in [-0.2, 0) is 0 Å². The summed E-state index contributed by atoms with van der Waals surface area (Å²) < 4.78 is 5.16. The van der Waals surface area contributed by atoms with Gasteiger partial charge in [-0.05, 0) is 25.7 Å². The maximum Gasteiger partial charge on any atom is 0.291 e. The highest BCUT2D eigenvalue weighted by atomic mass is 35.5. The Morgan fingerprint density at radius 3 is 2.79 bits per heavy atom. The number of oxazole rings is 1. The van der Waals surface area contributed by atoms with E-state index >= 15 is 0 Å². The van der Waals surface area contributed by atoms with Gasteiger partial charge in [-0.25, -0.2) is 4.98 Å². The minimum Gasteiger partial charge on any atom is -0.438 e. The third-order valence-electron chi connectivity index (χ3n) is 3.56. The Hall–Kier alpha value is -0.780. The second-order valence-corrected chi connectivity index (χ2v) is 4.69. The van der Waals surface area contributed by atoms with Crippen LogP contribution in [0, 0.1) is 12.8 Å². The molecule has 2 unspecified atom stereocenters. The van der Waals surface area contributed by atoms with E-state index in [2.05, 4.69) is 11.9 Å². The molecule has 1 aromatic rings. The highest BCUT2D eigenvalue weighted by Gasteiger charge is 2.33. The molecule has 1 aromatic heterocycles. The standard InChI is InChI=1S/C12H19N3O2.2ClH/c1-8-4-3-5-15(10(8)6-13)12(16)11-9(2)14-7-17-11;;/h7-8,10H,3-6,13H2,1-2H3;2*1H. The van der Waals surface area contributed by atoms with Crippen molar-refractivity contribution in [2.75, 3.05) is 13.1 Å². The lowest BCUT2D eigenvalue weighted by Crippen LogP contribution is -2.51. The molecule has 2 N–H and O–H groups in total. The molecule has 1 fully saturated rings. The summed E-state index contributed by atoms with van der Waals surface area (Å²) in [6.07, 6.45) is 3.46. The quantitative estimate of drug-likeness (QED) is 0.907. The van der Waals surface area contributed by atoms with Crippen LogP contribution in [0.25, 0.3) is 0 Å². The third-order valence-corrected chi connectivity index (χ3v) is 3.56. The molecule has 7 heteroatoms. The molecule has 5 nitrogen and oxygen atoms in total. The normalized spacial score (nSPS) is 22.4. The van der Waals surface area contributed by atoms with Gasteiger partial charge >= 0.3 is 0 Å². The first kappa shape index (κ1) is 18.2. The largest absolute Gasteiger partial charge is 0.438 e. The van der Waals surface area contributed by atoms with Gasteiger partial charge in [0.25, 0.3) is 5.91 Å². The molecule has 0 spiro atoms. The van der Waals surface area contributed by atoms with Crippen molar-refractivity contribution in [3.63, 3.8) is 0 Å². The molecule has 1 aliphatic rings. The summed E-state index contributed by atoms with van der Waals surface area (Å²) in [6, 6.07) is 0.112. The highest BCUT2D eigenvalue weighted by molar-refractivity contribution is 5.92. The predicted octanol–water partition coefficient (Wildman–Crippen LogP) is 2.03. The minimum absolute atomic E-state index is 0. The van der Waals surface area contributed by atoms with Crippen molar-refractivity contribution in [1.82, 2.24) is 9.88 Å². The fourth-order valence-corrected chi connectivity index (χ4v) is 2.50. The van der Waals surface area contributed by atoms with Gasteiger partial charge in [0.05, 0.1) is 5.69 Å². The van der Waals surface area contributed by atoms with Crippen LogP contribution in [0.5, 0.6) is 0 Å². The number of hydrogen-bond acceptors (Lipinski definition) is 4. The molecule has 0 saturated carbocycles. The summed E-state index contributed by atoms with van der Waals surface area (Å²) in [6.45, 7) is 5.18. The van der Waals surface area contributed by atoms with E-state index in [0.29, 0.717) is 23.9 Å². The maximum atomic E-state index is 12.3. The van der Waals surface area contributed by atoms with Crippen LogP contribution in [0.3, 0.4) is 0 Å². The Kier molecular flexibility index (Phi) is 7.41. The first-order valence-corrected chi connectivity index (χ1v) is 6.06. The van der Waals surface area contributed by atoms with Crippen molar-refractivity contribution in [1.29, 1.82) is 0 Å². The van der Waals surface area contributed by atoms with Crippen molar-refractivity contribution < 1.29 is 9.21 Å². The first-order valence-electron chi connectivity index (χ1n) is 6.06. The molecule has 110 valence electrons. The summed E-state index contributed by atoms with van der Waals surface area (Å²) in [4.78, 5) is 18.1. The number of halogens is 2. The van der Waals surface area contributed by atoms with E-state index in [1.807, 2.05) is 4.90 Å². The molecule has 1 aliphatic heterocycles. The van der Waals surface area contributed by atoms with Gasteiger partial charge in [-0.3, -0.25) is 4.79 Å². The number of likely N-dealkylation sites (tertiary alicyclic amines) is 1. The predicted molar refractivity (Wildman–Crippen MR) is 78.0 cm³/mol. The van der Waals surface area contributed by atoms with E-state index in [4.69, 9.17) is 10.2 Å². The van der Waals surface area contributed by atoms with E-state index in [0.717, 1.165) is 19.4 Å². The molecule has 19 heavy (non-hydrogen) atoms. The molecule has 1 saturated heterocycles. The molecule has 0 radical (unpaired) electrons. The monoisotopic (exact) mass is 309 g/mol. The van der Waals surface area contributed by atoms with E-state index in [1.54, 1.807) is 6.92 Å². The van der Waals surface area contributed by atoms with Crippen LogP contribution < -0.4 is 5.73 Å². The Morgan fingerprint density at radius 2 is 2.26 bits per heavy atom. The van der Waals surface area contributed by atoms with Gasteiger partial charge in [0.15, 0.2) is 6.39 Å². The smallest absolute Gasteiger partial charge is 0.291 e. The van der Waals surface area contributed by atoms with Crippen molar-refractivity contribution in [3.8, 4) is 0 Å². The molecule has 2 heterocycles. The van der Waals surface area contributed by atoms with Gasteiger partial charge in [0.1, 0.15) is 0 Å². The maximum absolute atomic E-state index is 12.3. The molecular weight excluding hydrogens is 289 g/mol. The molecule has 0 aliphatic carbocycles. The molecule has 2 atom stereocenters. The summed E-state index contributed by atoms with van der Waals surface area (Å²) in [5.74, 6) is 0.709. The van der Waals surface area contributed by atoms with Crippen LogP contribution in [0.4, 0.5) is 0 Å². The molecular formula is C12H21Cl2N3O2. The SMILES string of the molecule is Cc1ncoc1C(=O)N1CCCC(C)C1CN.Cl.Cl. The van der Waals surface area contributed by atoms with Gasteiger partial charge < -0.3 is 15.1 Å². The Balaban J connectivity index is 0.00000162.